The van der Waals surface area contributed by atoms with E-state index in [2.05, 4.69) is 6.92 Å². The van der Waals surface area contributed by atoms with E-state index in [9.17, 15) is 4.79 Å². The van der Waals surface area contributed by atoms with Crippen molar-refractivity contribution in [2.45, 2.75) is 45.4 Å². The van der Waals surface area contributed by atoms with E-state index < -0.39 is 0 Å². The zero-order chi connectivity index (χ0) is 13.0. The molecule has 1 saturated heterocycles. The maximum atomic E-state index is 11.6. The molecule has 0 aromatic carbocycles. The third-order valence-corrected chi connectivity index (χ3v) is 6.55. The minimum Gasteiger partial charge on any atom is -0.381 e. The number of ether oxygens (including phenoxy) is 1. The standard InChI is InChI=1S/C17H24O2/c1-17-7-6-14-13-5-3-12(18)8-11(13)2-4-15(14)16(17)9-19-10-17/h8,13-16H,2-7,9-10H2,1H3/t13-,14+,15+,16-,17+/m0/s1. The monoisotopic (exact) mass is 260 g/mol. The van der Waals surface area contributed by atoms with Gasteiger partial charge >= 0.3 is 0 Å². The Morgan fingerprint density at radius 3 is 3.00 bits per heavy atom. The van der Waals surface area contributed by atoms with E-state index in [1.54, 1.807) is 0 Å². The average molecular weight is 260 g/mol. The van der Waals surface area contributed by atoms with Crippen LogP contribution in [0.1, 0.15) is 45.4 Å². The van der Waals surface area contributed by atoms with Crippen LogP contribution in [0.4, 0.5) is 0 Å². The summed E-state index contributed by atoms with van der Waals surface area (Å²) in [4.78, 5) is 11.6. The molecule has 0 N–H and O–H groups in total. The first-order valence-corrected chi connectivity index (χ1v) is 7.98. The molecule has 0 unspecified atom stereocenters. The Morgan fingerprint density at radius 1 is 1.21 bits per heavy atom. The summed E-state index contributed by atoms with van der Waals surface area (Å²) in [5.74, 6) is 3.58. The van der Waals surface area contributed by atoms with Gasteiger partial charge in [-0.15, -0.1) is 0 Å². The van der Waals surface area contributed by atoms with Crippen LogP contribution in [0.15, 0.2) is 11.6 Å². The van der Waals surface area contributed by atoms with Gasteiger partial charge in [-0.25, -0.2) is 0 Å². The Morgan fingerprint density at radius 2 is 2.11 bits per heavy atom. The first kappa shape index (κ1) is 12.1. The Kier molecular flexibility index (Phi) is 2.67. The number of ketones is 1. The molecule has 0 radical (unpaired) electrons. The van der Waals surface area contributed by atoms with Crippen molar-refractivity contribution in [1.82, 2.24) is 0 Å². The van der Waals surface area contributed by atoms with Crippen molar-refractivity contribution in [2.24, 2.45) is 29.1 Å². The number of hydrogen-bond donors (Lipinski definition) is 0. The zero-order valence-electron chi connectivity index (χ0n) is 11.9. The molecule has 3 aliphatic carbocycles. The fraction of sp³-hybridized carbons (Fsp3) is 0.824. The summed E-state index contributed by atoms with van der Waals surface area (Å²) in [6.07, 6.45) is 9.05. The molecule has 4 rings (SSSR count). The summed E-state index contributed by atoms with van der Waals surface area (Å²) < 4.78 is 5.83. The lowest BCUT2D eigenvalue weighted by Gasteiger charge is -2.51. The molecule has 0 aromatic heterocycles. The fourth-order valence-electron chi connectivity index (χ4n) is 5.50. The molecule has 1 aliphatic heterocycles. The SMILES string of the molecule is C[C@]12CC[C@H]3[C@@H](CCC4=CC(=O)CC[C@@H]43)[C@@H]1COC2. The van der Waals surface area contributed by atoms with Crippen LogP contribution in [0.3, 0.4) is 0 Å². The van der Waals surface area contributed by atoms with Gasteiger partial charge in [0.1, 0.15) is 0 Å². The minimum atomic E-state index is 0.370. The summed E-state index contributed by atoms with van der Waals surface area (Å²) in [5, 5.41) is 0. The van der Waals surface area contributed by atoms with Crippen LogP contribution in [-0.4, -0.2) is 19.0 Å². The normalized spacial score (nSPS) is 49.1. The quantitative estimate of drug-likeness (QED) is 0.667. The Balaban J connectivity index is 1.63. The molecule has 0 amide bonds. The van der Waals surface area contributed by atoms with E-state index in [0.29, 0.717) is 11.2 Å². The van der Waals surface area contributed by atoms with E-state index in [4.69, 9.17) is 4.74 Å². The maximum Gasteiger partial charge on any atom is 0.155 e. The van der Waals surface area contributed by atoms with Crippen molar-refractivity contribution in [3.8, 4) is 0 Å². The lowest BCUT2D eigenvalue weighted by molar-refractivity contribution is -0.116. The predicted octanol–water partition coefficient (Wildman–Crippen LogP) is 3.36. The molecule has 1 heterocycles. The molecule has 0 spiro atoms. The van der Waals surface area contributed by atoms with Gasteiger partial charge < -0.3 is 4.74 Å². The molecule has 0 bridgehead atoms. The van der Waals surface area contributed by atoms with Crippen molar-refractivity contribution in [3.05, 3.63) is 11.6 Å². The van der Waals surface area contributed by atoms with Gasteiger partial charge in [-0.1, -0.05) is 12.5 Å². The number of allylic oxidation sites excluding steroid dienone is 2. The van der Waals surface area contributed by atoms with E-state index in [-0.39, 0.29) is 0 Å². The minimum absolute atomic E-state index is 0.370. The van der Waals surface area contributed by atoms with Gasteiger partial charge in [0.05, 0.1) is 13.2 Å². The van der Waals surface area contributed by atoms with Crippen molar-refractivity contribution >= 4 is 5.78 Å². The van der Waals surface area contributed by atoms with Crippen molar-refractivity contribution in [3.63, 3.8) is 0 Å². The van der Waals surface area contributed by atoms with Gasteiger partial charge in [0.15, 0.2) is 5.78 Å². The van der Waals surface area contributed by atoms with Crippen molar-refractivity contribution in [1.29, 1.82) is 0 Å². The van der Waals surface area contributed by atoms with E-state index in [1.165, 1.54) is 31.3 Å². The van der Waals surface area contributed by atoms with Gasteiger partial charge in [0.25, 0.3) is 0 Å². The lowest BCUT2D eigenvalue weighted by atomic mass is 9.52. The van der Waals surface area contributed by atoms with Crippen molar-refractivity contribution in [2.75, 3.05) is 13.2 Å². The highest BCUT2D eigenvalue weighted by Gasteiger charge is 2.53. The van der Waals surface area contributed by atoms with Crippen LogP contribution < -0.4 is 0 Å². The molecule has 2 saturated carbocycles. The molecule has 0 aromatic rings. The molecular weight excluding hydrogens is 236 g/mol. The molecule has 104 valence electrons. The lowest BCUT2D eigenvalue weighted by Crippen LogP contribution is -2.46. The fourth-order valence-corrected chi connectivity index (χ4v) is 5.50. The van der Waals surface area contributed by atoms with Crippen LogP contribution >= 0.6 is 0 Å². The highest BCUT2D eigenvalue weighted by molar-refractivity contribution is 5.91. The first-order valence-electron chi connectivity index (χ1n) is 7.98. The Bertz CT molecular complexity index is 439. The number of carbonyl (C=O) groups is 1. The maximum absolute atomic E-state index is 11.6. The Hall–Kier alpha value is -0.630. The van der Waals surface area contributed by atoms with E-state index >= 15 is 0 Å². The Labute approximate surface area is 115 Å². The summed E-state index contributed by atoms with van der Waals surface area (Å²) in [6.45, 7) is 4.41. The zero-order valence-corrected chi connectivity index (χ0v) is 11.9. The van der Waals surface area contributed by atoms with Crippen LogP contribution in [0.5, 0.6) is 0 Å². The highest BCUT2D eigenvalue weighted by atomic mass is 16.5. The summed E-state index contributed by atoms with van der Waals surface area (Å²) in [7, 11) is 0. The number of hydrogen-bond acceptors (Lipinski definition) is 2. The number of carbonyl (C=O) groups excluding carboxylic acids is 1. The largest absolute Gasteiger partial charge is 0.381 e. The van der Waals surface area contributed by atoms with Gasteiger partial charge in [-0.3, -0.25) is 4.79 Å². The van der Waals surface area contributed by atoms with Gasteiger partial charge in [0, 0.05) is 6.42 Å². The molecule has 4 aliphatic rings. The third-order valence-electron chi connectivity index (χ3n) is 6.55. The molecular formula is C17H24O2. The second kappa shape index (κ2) is 4.18. The van der Waals surface area contributed by atoms with Gasteiger partial charge in [-0.05, 0) is 67.3 Å². The predicted molar refractivity (Wildman–Crippen MR) is 73.7 cm³/mol. The second-order valence-electron chi connectivity index (χ2n) is 7.51. The molecule has 3 fully saturated rings. The van der Waals surface area contributed by atoms with Crippen LogP contribution in [0, 0.1) is 29.1 Å². The smallest absolute Gasteiger partial charge is 0.155 e. The summed E-state index contributed by atoms with van der Waals surface area (Å²) in [5.41, 5.74) is 1.94. The van der Waals surface area contributed by atoms with Crippen LogP contribution in [0.2, 0.25) is 0 Å². The first-order chi connectivity index (χ1) is 9.17. The van der Waals surface area contributed by atoms with Crippen LogP contribution in [-0.2, 0) is 9.53 Å². The van der Waals surface area contributed by atoms with Crippen molar-refractivity contribution < 1.29 is 9.53 Å². The highest BCUT2D eigenvalue weighted by Crippen LogP contribution is 2.58. The molecule has 5 atom stereocenters. The van der Waals surface area contributed by atoms with E-state index in [1.807, 2.05) is 6.08 Å². The number of rotatable bonds is 0. The summed E-state index contributed by atoms with van der Waals surface area (Å²) >= 11 is 0. The summed E-state index contributed by atoms with van der Waals surface area (Å²) in [6, 6.07) is 0. The second-order valence-corrected chi connectivity index (χ2v) is 7.51. The molecule has 2 heteroatoms. The topological polar surface area (TPSA) is 26.3 Å². The third kappa shape index (κ3) is 1.75. The number of fused-ring (bicyclic) bond motifs is 5. The van der Waals surface area contributed by atoms with Gasteiger partial charge in [-0.2, -0.15) is 0 Å². The average Bonchev–Trinajstić information content (AvgIpc) is 2.79. The van der Waals surface area contributed by atoms with Crippen LogP contribution in [0.25, 0.3) is 0 Å². The van der Waals surface area contributed by atoms with E-state index in [0.717, 1.165) is 49.7 Å². The molecule has 19 heavy (non-hydrogen) atoms. The molecule has 2 nitrogen and oxygen atoms in total. The van der Waals surface area contributed by atoms with Gasteiger partial charge in [0.2, 0.25) is 0 Å².